The summed E-state index contributed by atoms with van der Waals surface area (Å²) in [5.41, 5.74) is -0.318. The van der Waals surface area contributed by atoms with Crippen LogP contribution in [0, 0.1) is 21.7 Å². The maximum absolute atomic E-state index is 13.6. The summed E-state index contributed by atoms with van der Waals surface area (Å²) in [5, 5.41) is 13.5. The minimum absolute atomic E-state index is 0.0452. The lowest BCUT2D eigenvalue weighted by Crippen LogP contribution is -2.28. The third-order valence-corrected chi connectivity index (χ3v) is 3.95. The number of nitrogens with one attached hydrogen (secondary N) is 1. The molecule has 1 atom stereocenters. The smallest absolute Gasteiger partial charge is 0.305 e. The van der Waals surface area contributed by atoms with E-state index in [2.05, 4.69) is 5.32 Å². The number of hydrogen-bond donors (Lipinski definition) is 1. The van der Waals surface area contributed by atoms with Crippen LogP contribution in [0.15, 0.2) is 36.4 Å². The summed E-state index contributed by atoms with van der Waals surface area (Å²) >= 11 is 0. The molecule has 1 heterocycles. The first-order valence-corrected chi connectivity index (χ1v) is 7.63. The first-order chi connectivity index (χ1) is 12.0. The molecule has 25 heavy (non-hydrogen) atoms. The van der Waals surface area contributed by atoms with Gasteiger partial charge >= 0.3 is 5.69 Å². The summed E-state index contributed by atoms with van der Waals surface area (Å²) in [4.78, 5) is 22.3. The van der Waals surface area contributed by atoms with Crippen LogP contribution >= 0.6 is 0 Å². The molecule has 0 spiro atoms. The summed E-state index contributed by atoms with van der Waals surface area (Å²) < 4.78 is 32.5. The zero-order valence-corrected chi connectivity index (χ0v) is 13.0. The molecule has 0 radical (unpaired) electrons. The summed E-state index contributed by atoms with van der Waals surface area (Å²) in [6.07, 6.45) is 1.16. The Hall–Kier alpha value is -3.03. The van der Waals surface area contributed by atoms with Crippen LogP contribution in [0.4, 0.5) is 14.5 Å². The van der Waals surface area contributed by atoms with Crippen LogP contribution in [0.25, 0.3) is 0 Å². The second kappa shape index (κ2) is 6.84. The number of carbonyl (C=O) groups is 1. The molecule has 2 aromatic carbocycles. The summed E-state index contributed by atoms with van der Waals surface area (Å²) in [5.74, 6) is -1.60. The van der Waals surface area contributed by atoms with E-state index in [0.717, 1.165) is 18.2 Å². The van der Waals surface area contributed by atoms with Gasteiger partial charge in [0.2, 0.25) is 5.82 Å². The molecule has 1 amide bonds. The monoisotopic (exact) mass is 348 g/mol. The van der Waals surface area contributed by atoms with E-state index in [9.17, 15) is 23.7 Å². The fourth-order valence-corrected chi connectivity index (χ4v) is 2.73. The Morgan fingerprint density at radius 3 is 2.80 bits per heavy atom. The van der Waals surface area contributed by atoms with Crippen molar-refractivity contribution >= 4 is 11.6 Å². The Kier molecular flexibility index (Phi) is 4.60. The molecule has 0 saturated carbocycles. The van der Waals surface area contributed by atoms with E-state index >= 15 is 0 Å². The van der Waals surface area contributed by atoms with Crippen LogP contribution in [-0.4, -0.2) is 17.4 Å². The van der Waals surface area contributed by atoms with E-state index in [-0.39, 0.29) is 5.56 Å². The zero-order chi connectivity index (χ0) is 18.0. The van der Waals surface area contributed by atoms with Gasteiger partial charge in [0.05, 0.1) is 17.6 Å². The molecule has 0 aromatic heterocycles. The van der Waals surface area contributed by atoms with Gasteiger partial charge in [-0.05, 0) is 43.2 Å². The van der Waals surface area contributed by atoms with E-state index in [1.807, 2.05) is 0 Å². The number of nitrogens with zero attached hydrogens (tertiary/aromatic N) is 1. The molecule has 3 rings (SSSR count). The van der Waals surface area contributed by atoms with E-state index < -0.39 is 34.2 Å². The van der Waals surface area contributed by atoms with Crippen LogP contribution in [0.5, 0.6) is 5.75 Å². The zero-order valence-electron chi connectivity index (χ0n) is 13.0. The molecule has 130 valence electrons. The van der Waals surface area contributed by atoms with Gasteiger partial charge in [0.1, 0.15) is 11.6 Å². The molecule has 8 heteroatoms. The number of hydrogen-bond acceptors (Lipinski definition) is 4. The van der Waals surface area contributed by atoms with Gasteiger partial charge in [-0.15, -0.1) is 0 Å². The lowest BCUT2D eigenvalue weighted by atomic mass is 10.0. The minimum Gasteiger partial charge on any atom is -0.493 e. The van der Waals surface area contributed by atoms with Gasteiger partial charge < -0.3 is 10.1 Å². The Morgan fingerprint density at radius 1 is 1.24 bits per heavy atom. The highest BCUT2D eigenvalue weighted by Gasteiger charge is 2.24. The number of benzene rings is 2. The molecule has 0 fully saturated rings. The second-order valence-electron chi connectivity index (χ2n) is 5.62. The molecule has 2 aromatic rings. The maximum Gasteiger partial charge on any atom is 0.305 e. The number of carbonyl (C=O) groups excluding carboxylic acids is 1. The number of fused-ring (bicyclic) bond motifs is 1. The van der Waals surface area contributed by atoms with Crippen molar-refractivity contribution in [1.82, 2.24) is 5.32 Å². The predicted octanol–water partition coefficient (Wildman–Crippen LogP) is 3.52. The van der Waals surface area contributed by atoms with E-state index in [1.54, 1.807) is 0 Å². The van der Waals surface area contributed by atoms with Gasteiger partial charge in [-0.1, -0.05) is 0 Å². The largest absolute Gasteiger partial charge is 0.493 e. The van der Waals surface area contributed by atoms with Crippen LogP contribution in [0.2, 0.25) is 0 Å². The normalized spacial score (nSPS) is 16.3. The first-order valence-electron chi connectivity index (χ1n) is 7.63. The molecule has 0 saturated heterocycles. The van der Waals surface area contributed by atoms with Crippen LogP contribution in [0.3, 0.4) is 0 Å². The van der Waals surface area contributed by atoms with Crippen molar-refractivity contribution < 1.29 is 23.2 Å². The van der Waals surface area contributed by atoms with Crippen molar-refractivity contribution in [2.24, 2.45) is 0 Å². The fraction of sp³-hybridized carbons (Fsp3) is 0.235. The summed E-state index contributed by atoms with van der Waals surface area (Å²) in [6.45, 7) is 0.438. The van der Waals surface area contributed by atoms with Gasteiger partial charge in [0.25, 0.3) is 5.91 Å². The Morgan fingerprint density at radius 2 is 2.04 bits per heavy atom. The molecule has 1 aliphatic heterocycles. The first kappa shape index (κ1) is 16.8. The molecule has 1 unspecified atom stereocenters. The fourth-order valence-electron chi connectivity index (χ4n) is 2.73. The molecule has 0 bridgehead atoms. The van der Waals surface area contributed by atoms with Crippen molar-refractivity contribution in [3.8, 4) is 5.75 Å². The Bertz CT molecular complexity index is 841. The van der Waals surface area contributed by atoms with Crippen molar-refractivity contribution in [1.29, 1.82) is 0 Å². The van der Waals surface area contributed by atoms with Crippen LogP contribution in [-0.2, 0) is 0 Å². The SMILES string of the molecule is O=C(NC1CCCOc2ccc(F)cc21)c1ccc(F)c([N+](=O)[O-])c1. The summed E-state index contributed by atoms with van der Waals surface area (Å²) in [6, 6.07) is 6.46. The molecular weight excluding hydrogens is 334 g/mol. The van der Waals surface area contributed by atoms with Crippen molar-refractivity contribution in [3.63, 3.8) is 0 Å². The van der Waals surface area contributed by atoms with Crippen molar-refractivity contribution in [3.05, 3.63) is 69.3 Å². The topological polar surface area (TPSA) is 81.5 Å². The number of nitro benzene ring substituents is 1. The van der Waals surface area contributed by atoms with Crippen LogP contribution < -0.4 is 10.1 Å². The quantitative estimate of drug-likeness (QED) is 0.680. The van der Waals surface area contributed by atoms with Gasteiger partial charge in [0, 0.05) is 17.2 Å². The molecule has 1 aliphatic rings. The minimum atomic E-state index is -1.02. The number of amides is 1. The number of halogens is 2. The summed E-state index contributed by atoms with van der Waals surface area (Å²) in [7, 11) is 0. The highest BCUT2D eigenvalue weighted by Crippen LogP contribution is 2.32. The molecule has 6 nitrogen and oxygen atoms in total. The van der Waals surface area contributed by atoms with Gasteiger partial charge in [0.15, 0.2) is 0 Å². The average molecular weight is 348 g/mol. The highest BCUT2D eigenvalue weighted by molar-refractivity contribution is 5.95. The highest BCUT2D eigenvalue weighted by atomic mass is 19.1. The average Bonchev–Trinajstić information content (AvgIpc) is 2.77. The lowest BCUT2D eigenvalue weighted by molar-refractivity contribution is -0.387. The lowest BCUT2D eigenvalue weighted by Gasteiger charge is -2.18. The van der Waals surface area contributed by atoms with E-state index in [0.29, 0.717) is 30.8 Å². The Labute approximate surface area is 141 Å². The number of nitro groups is 1. The maximum atomic E-state index is 13.6. The molecule has 1 N–H and O–H groups in total. The standard InChI is InChI=1S/C17H14F2N2O4/c18-11-4-6-16-12(9-11)14(2-1-7-25-16)20-17(22)10-3-5-13(19)15(8-10)21(23)24/h3-6,8-9,14H,1-2,7H2,(H,20,22). The number of ether oxygens (including phenoxy) is 1. The van der Waals surface area contributed by atoms with Gasteiger partial charge in [-0.2, -0.15) is 4.39 Å². The Balaban J connectivity index is 1.87. The van der Waals surface area contributed by atoms with E-state index in [1.165, 1.54) is 18.2 Å². The van der Waals surface area contributed by atoms with Crippen LogP contribution in [0.1, 0.15) is 34.8 Å². The van der Waals surface area contributed by atoms with Gasteiger partial charge in [-0.25, -0.2) is 4.39 Å². The molecular formula is C17H14F2N2O4. The second-order valence-corrected chi connectivity index (χ2v) is 5.62. The van der Waals surface area contributed by atoms with Crippen molar-refractivity contribution in [2.45, 2.75) is 18.9 Å². The third kappa shape index (κ3) is 3.57. The molecule has 0 aliphatic carbocycles. The third-order valence-electron chi connectivity index (χ3n) is 3.95. The predicted molar refractivity (Wildman–Crippen MR) is 84.4 cm³/mol. The number of rotatable bonds is 3. The van der Waals surface area contributed by atoms with E-state index in [4.69, 9.17) is 4.74 Å². The van der Waals surface area contributed by atoms with Crippen molar-refractivity contribution in [2.75, 3.05) is 6.61 Å². The van der Waals surface area contributed by atoms with Gasteiger partial charge in [-0.3, -0.25) is 14.9 Å².